The van der Waals surface area contributed by atoms with E-state index in [4.69, 9.17) is 5.11 Å². The van der Waals surface area contributed by atoms with Gasteiger partial charge in [-0.2, -0.15) is 0 Å². The molecule has 0 aliphatic rings. The monoisotopic (exact) mass is 296 g/mol. The molecule has 1 heterocycles. The number of pyridine rings is 1. The maximum Gasteiger partial charge on any atom is 0.311 e. The van der Waals surface area contributed by atoms with E-state index in [1.54, 1.807) is 6.07 Å². The second-order valence-electron chi connectivity index (χ2n) is 5.10. The number of nitrogens with zero attached hydrogens (tertiary/aromatic N) is 2. The lowest BCUT2D eigenvalue weighted by Gasteiger charge is -2.10. The van der Waals surface area contributed by atoms with Crippen molar-refractivity contribution < 1.29 is 10.0 Å². The van der Waals surface area contributed by atoms with Gasteiger partial charge in [0.2, 0.25) is 5.82 Å². The molecule has 3 N–H and O–H groups in total. The zero-order valence-electron chi connectivity index (χ0n) is 12.6. The van der Waals surface area contributed by atoms with Crippen LogP contribution in [0.1, 0.15) is 33.1 Å². The first-order chi connectivity index (χ1) is 10.1. The van der Waals surface area contributed by atoms with Gasteiger partial charge in [-0.05, 0) is 31.2 Å². The SMILES string of the molecule is CCCNc1ccc([N+](=O)[O-])c(NCCCC(C)CO)n1. The molecule has 1 rings (SSSR count). The Kier molecular flexibility index (Phi) is 7.45. The third-order valence-electron chi connectivity index (χ3n) is 3.10. The van der Waals surface area contributed by atoms with E-state index in [1.165, 1.54) is 6.07 Å². The molecule has 0 fully saturated rings. The van der Waals surface area contributed by atoms with Crippen LogP contribution in [0.25, 0.3) is 0 Å². The van der Waals surface area contributed by atoms with E-state index < -0.39 is 4.92 Å². The van der Waals surface area contributed by atoms with Crippen LogP contribution in [-0.2, 0) is 0 Å². The molecule has 0 radical (unpaired) electrons. The number of nitro groups is 1. The summed E-state index contributed by atoms with van der Waals surface area (Å²) < 4.78 is 0. The first-order valence-electron chi connectivity index (χ1n) is 7.32. The fourth-order valence-electron chi connectivity index (χ4n) is 1.83. The Labute approximate surface area is 124 Å². The number of aliphatic hydroxyl groups excluding tert-OH is 1. The summed E-state index contributed by atoms with van der Waals surface area (Å²) in [5.74, 6) is 1.17. The van der Waals surface area contributed by atoms with Crippen LogP contribution in [0.4, 0.5) is 17.3 Å². The smallest absolute Gasteiger partial charge is 0.311 e. The van der Waals surface area contributed by atoms with Crippen LogP contribution in [0.3, 0.4) is 0 Å². The van der Waals surface area contributed by atoms with Crippen LogP contribution >= 0.6 is 0 Å². The highest BCUT2D eigenvalue weighted by molar-refractivity contribution is 5.60. The Morgan fingerprint density at radius 2 is 2.14 bits per heavy atom. The molecule has 1 unspecified atom stereocenters. The van der Waals surface area contributed by atoms with E-state index in [1.807, 2.05) is 13.8 Å². The largest absolute Gasteiger partial charge is 0.396 e. The average Bonchev–Trinajstić information content (AvgIpc) is 2.49. The molecule has 0 aliphatic heterocycles. The van der Waals surface area contributed by atoms with Gasteiger partial charge in [0.25, 0.3) is 0 Å². The minimum absolute atomic E-state index is 0.0211. The Balaban J connectivity index is 2.65. The Hall–Kier alpha value is -1.89. The van der Waals surface area contributed by atoms with Crippen molar-refractivity contribution in [2.75, 3.05) is 30.3 Å². The number of aromatic nitrogens is 1. The van der Waals surface area contributed by atoms with Gasteiger partial charge in [-0.3, -0.25) is 10.1 Å². The van der Waals surface area contributed by atoms with E-state index in [-0.39, 0.29) is 24.0 Å². The van der Waals surface area contributed by atoms with E-state index in [2.05, 4.69) is 15.6 Å². The van der Waals surface area contributed by atoms with Gasteiger partial charge in [0.05, 0.1) is 4.92 Å². The van der Waals surface area contributed by atoms with Gasteiger partial charge >= 0.3 is 5.69 Å². The lowest BCUT2D eigenvalue weighted by molar-refractivity contribution is -0.384. The summed E-state index contributed by atoms with van der Waals surface area (Å²) in [5.41, 5.74) is -0.0211. The maximum absolute atomic E-state index is 11.0. The summed E-state index contributed by atoms with van der Waals surface area (Å²) in [6.07, 6.45) is 2.65. The van der Waals surface area contributed by atoms with Gasteiger partial charge in [-0.25, -0.2) is 4.98 Å². The van der Waals surface area contributed by atoms with Crippen LogP contribution in [0.2, 0.25) is 0 Å². The minimum Gasteiger partial charge on any atom is -0.396 e. The molecule has 0 spiro atoms. The third-order valence-corrected chi connectivity index (χ3v) is 3.10. The number of hydrogen-bond acceptors (Lipinski definition) is 6. The van der Waals surface area contributed by atoms with Crippen molar-refractivity contribution in [1.29, 1.82) is 0 Å². The summed E-state index contributed by atoms with van der Waals surface area (Å²) in [5, 5.41) is 26.1. The second kappa shape index (κ2) is 9.12. The van der Waals surface area contributed by atoms with Gasteiger partial charge in [-0.1, -0.05) is 13.8 Å². The molecule has 0 saturated carbocycles. The standard InChI is InChI=1S/C14H24N4O3/c1-3-8-15-13-7-6-12(18(20)21)14(17-13)16-9-4-5-11(2)10-19/h6-7,11,19H,3-5,8-10H2,1-2H3,(H2,15,16,17). The van der Waals surface area contributed by atoms with E-state index >= 15 is 0 Å². The third kappa shape index (κ3) is 5.95. The Bertz CT molecular complexity index is 454. The van der Waals surface area contributed by atoms with Gasteiger partial charge in [0.15, 0.2) is 0 Å². The van der Waals surface area contributed by atoms with Crippen molar-refractivity contribution >= 4 is 17.3 Å². The predicted octanol–water partition coefficient (Wildman–Crippen LogP) is 2.63. The van der Waals surface area contributed by atoms with Crippen LogP contribution in [-0.4, -0.2) is 34.7 Å². The summed E-state index contributed by atoms with van der Waals surface area (Å²) in [6, 6.07) is 3.08. The number of rotatable bonds is 10. The van der Waals surface area contributed by atoms with Gasteiger partial charge in [-0.15, -0.1) is 0 Å². The van der Waals surface area contributed by atoms with Crippen LogP contribution in [0.15, 0.2) is 12.1 Å². The lowest BCUT2D eigenvalue weighted by Crippen LogP contribution is -2.10. The summed E-state index contributed by atoms with van der Waals surface area (Å²) in [6.45, 7) is 5.54. The van der Waals surface area contributed by atoms with Crippen molar-refractivity contribution in [1.82, 2.24) is 4.98 Å². The van der Waals surface area contributed by atoms with Gasteiger partial charge < -0.3 is 15.7 Å². The highest BCUT2D eigenvalue weighted by Gasteiger charge is 2.15. The number of aliphatic hydroxyl groups is 1. The van der Waals surface area contributed by atoms with E-state index in [0.29, 0.717) is 12.4 Å². The highest BCUT2D eigenvalue weighted by atomic mass is 16.6. The molecular weight excluding hydrogens is 272 g/mol. The first-order valence-corrected chi connectivity index (χ1v) is 7.32. The molecular formula is C14H24N4O3. The molecule has 7 nitrogen and oxygen atoms in total. The summed E-state index contributed by atoms with van der Waals surface area (Å²) >= 11 is 0. The van der Waals surface area contributed by atoms with Crippen molar-refractivity contribution in [2.45, 2.75) is 33.1 Å². The second-order valence-corrected chi connectivity index (χ2v) is 5.10. The van der Waals surface area contributed by atoms with Crippen molar-refractivity contribution in [2.24, 2.45) is 5.92 Å². The molecule has 0 bridgehead atoms. The Morgan fingerprint density at radius 1 is 1.38 bits per heavy atom. The van der Waals surface area contributed by atoms with Crippen molar-refractivity contribution in [3.8, 4) is 0 Å². The summed E-state index contributed by atoms with van der Waals surface area (Å²) in [7, 11) is 0. The van der Waals surface area contributed by atoms with E-state index in [9.17, 15) is 10.1 Å². The fourth-order valence-corrected chi connectivity index (χ4v) is 1.83. The first kappa shape index (κ1) is 17.2. The topological polar surface area (TPSA) is 100 Å². The minimum atomic E-state index is -0.435. The van der Waals surface area contributed by atoms with Gasteiger partial charge in [0.1, 0.15) is 5.82 Å². The molecule has 1 aromatic heterocycles. The van der Waals surface area contributed by atoms with Crippen LogP contribution < -0.4 is 10.6 Å². The fraction of sp³-hybridized carbons (Fsp3) is 0.643. The highest BCUT2D eigenvalue weighted by Crippen LogP contribution is 2.24. The molecule has 0 amide bonds. The van der Waals surface area contributed by atoms with Crippen LogP contribution in [0.5, 0.6) is 0 Å². The molecule has 1 aromatic rings. The van der Waals surface area contributed by atoms with E-state index in [0.717, 1.165) is 25.8 Å². The normalized spacial score (nSPS) is 12.0. The average molecular weight is 296 g/mol. The molecule has 0 saturated heterocycles. The molecule has 0 aliphatic carbocycles. The molecule has 7 heteroatoms. The van der Waals surface area contributed by atoms with Crippen LogP contribution in [0, 0.1) is 16.0 Å². The molecule has 1 atom stereocenters. The zero-order chi connectivity index (χ0) is 15.7. The number of nitrogens with one attached hydrogen (secondary N) is 2. The molecule has 0 aromatic carbocycles. The zero-order valence-corrected chi connectivity index (χ0v) is 12.6. The number of hydrogen-bond donors (Lipinski definition) is 3. The lowest BCUT2D eigenvalue weighted by atomic mass is 10.1. The quantitative estimate of drug-likeness (QED) is 0.348. The van der Waals surface area contributed by atoms with Crippen molar-refractivity contribution in [3.05, 3.63) is 22.2 Å². The van der Waals surface area contributed by atoms with Gasteiger partial charge in [0, 0.05) is 25.8 Å². The summed E-state index contributed by atoms with van der Waals surface area (Å²) in [4.78, 5) is 14.8. The predicted molar refractivity (Wildman–Crippen MR) is 83.6 cm³/mol. The molecule has 21 heavy (non-hydrogen) atoms. The molecule has 118 valence electrons. The maximum atomic E-state index is 11.0. The number of anilines is 2. The van der Waals surface area contributed by atoms with Crippen molar-refractivity contribution in [3.63, 3.8) is 0 Å². The Morgan fingerprint density at radius 3 is 2.76 bits per heavy atom.